The maximum atomic E-state index is 13.6. The molecule has 0 spiro atoms. The zero-order valence-electron chi connectivity index (χ0n) is 16.3. The number of para-hydroxylation sites is 2. The SMILES string of the molecule is Fc1ccc(-c2nnc(NSCCc3ccc(Cl)cc3)n2-c2ccccc2OC(F)F)s1. The second kappa shape index (κ2) is 10.3. The Morgan fingerprint density at radius 1 is 1.06 bits per heavy atom. The number of aryl methyl sites for hydroxylation is 1. The van der Waals surface area contributed by atoms with Gasteiger partial charge in [0.25, 0.3) is 0 Å². The molecule has 0 unspecified atom stereocenters. The van der Waals surface area contributed by atoms with Crippen LogP contribution in [0.4, 0.5) is 19.1 Å². The fraction of sp³-hybridized carbons (Fsp3) is 0.143. The minimum Gasteiger partial charge on any atom is -0.433 e. The van der Waals surface area contributed by atoms with Crippen LogP contribution in [0, 0.1) is 5.13 Å². The van der Waals surface area contributed by atoms with E-state index in [1.807, 2.05) is 24.3 Å². The zero-order valence-corrected chi connectivity index (χ0v) is 18.7. The lowest BCUT2D eigenvalue weighted by Crippen LogP contribution is -2.08. The second-order valence-electron chi connectivity index (χ2n) is 6.46. The van der Waals surface area contributed by atoms with Crippen molar-refractivity contribution in [2.24, 2.45) is 0 Å². The second-order valence-corrected chi connectivity index (χ2v) is 8.83. The Hall–Kier alpha value is -2.69. The van der Waals surface area contributed by atoms with Gasteiger partial charge >= 0.3 is 6.61 Å². The molecule has 11 heteroatoms. The van der Waals surface area contributed by atoms with Crippen LogP contribution in [0.2, 0.25) is 5.02 Å². The van der Waals surface area contributed by atoms with Crippen molar-refractivity contribution in [1.82, 2.24) is 14.8 Å². The number of thiophene rings is 1. The highest BCUT2D eigenvalue weighted by Gasteiger charge is 2.21. The molecule has 0 saturated carbocycles. The summed E-state index contributed by atoms with van der Waals surface area (Å²) in [5.41, 5.74) is 1.43. The molecular formula is C21H16ClF3N4OS2. The van der Waals surface area contributed by atoms with Gasteiger partial charge in [0.15, 0.2) is 11.0 Å². The van der Waals surface area contributed by atoms with E-state index in [9.17, 15) is 13.2 Å². The summed E-state index contributed by atoms with van der Waals surface area (Å²) >= 11 is 8.18. The molecular weight excluding hydrogens is 481 g/mol. The van der Waals surface area contributed by atoms with E-state index >= 15 is 0 Å². The fourth-order valence-electron chi connectivity index (χ4n) is 2.95. The molecule has 0 aliphatic rings. The first-order valence-electron chi connectivity index (χ1n) is 9.39. The molecule has 4 aromatic rings. The van der Waals surface area contributed by atoms with Gasteiger partial charge in [0, 0.05) is 10.8 Å². The van der Waals surface area contributed by atoms with Crippen molar-refractivity contribution < 1.29 is 17.9 Å². The van der Waals surface area contributed by atoms with E-state index < -0.39 is 11.7 Å². The molecule has 5 nitrogen and oxygen atoms in total. The highest BCUT2D eigenvalue weighted by molar-refractivity contribution is 8.00. The van der Waals surface area contributed by atoms with Crippen molar-refractivity contribution in [3.8, 4) is 22.1 Å². The molecule has 0 saturated heterocycles. The minimum atomic E-state index is -3.00. The Morgan fingerprint density at radius 2 is 1.84 bits per heavy atom. The summed E-state index contributed by atoms with van der Waals surface area (Å²) < 4.78 is 48.9. The number of halogens is 4. The number of anilines is 1. The number of ether oxygens (including phenoxy) is 1. The van der Waals surface area contributed by atoms with Gasteiger partial charge in [0.1, 0.15) is 5.75 Å². The number of nitrogens with zero attached hydrogens (tertiary/aromatic N) is 3. The van der Waals surface area contributed by atoms with Crippen molar-refractivity contribution in [3.63, 3.8) is 0 Å². The number of hydrogen-bond donors (Lipinski definition) is 1. The van der Waals surface area contributed by atoms with Gasteiger partial charge in [-0.05, 0) is 60.3 Å². The van der Waals surface area contributed by atoms with E-state index in [1.54, 1.807) is 24.3 Å². The van der Waals surface area contributed by atoms with E-state index in [0.717, 1.165) is 23.3 Å². The Morgan fingerprint density at radius 3 is 2.56 bits per heavy atom. The summed E-state index contributed by atoms with van der Waals surface area (Å²) in [5.74, 6) is 1.27. The zero-order chi connectivity index (χ0) is 22.5. The van der Waals surface area contributed by atoms with E-state index in [2.05, 4.69) is 19.7 Å². The molecule has 0 amide bonds. The first-order chi connectivity index (χ1) is 15.5. The lowest BCUT2D eigenvalue weighted by atomic mass is 10.2. The topological polar surface area (TPSA) is 52.0 Å². The number of rotatable bonds is 9. The first kappa shape index (κ1) is 22.5. The summed E-state index contributed by atoms with van der Waals surface area (Å²) in [4.78, 5) is 0.501. The van der Waals surface area contributed by atoms with Crippen molar-refractivity contribution in [2.45, 2.75) is 13.0 Å². The Balaban J connectivity index is 1.60. The minimum absolute atomic E-state index is 0.0465. The van der Waals surface area contributed by atoms with Gasteiger partial charge < -0.3 is 4.74 Å². The molecule has 166 valence electrons. The Bertz CT molecular complexity index is 1180. The molecule has 0 radical (unpaired) electrons. The third-order valence-corrected chi connectivity index (χ3v) is 6.21. The molecule has 32 heavy (non-hydrogen) atoms. The van der Waals surface area contributed by atoms with Crippen molar-refractivity contribution >= 4 is 40.8 Å². The van der Waals surface area contributed by atoms with Crippen LogP contribution >= 0.6 is 34.9 Å². The number of nitrogens with one attached hydrogen (secondary N) is 1. The van der Waals surface area contributed by atoms with Gasteiger partial charge in [-0.1, -0.05) is 35.9 Å². The summed E-state index contributed by atoms with van der Waals surface area (Å²) in [6, 6.07) is 16.8. The predicted octanol–water partition coefficient (Wildman–Crippen LogP) is 6.69. The predicted molar refractivity (Wildman–Crippen MR) is 122 cm³/mol. The van der Waals surface area contributed by atoms with Crippen LogP contribution in [0.15, 0.2) is 60.7 Å². The third-order valence-electron chi connectivity index (χ3n) is 4.35. The summed E-state index contributed by atoms with van der Waals surface area (Å²) in [6.07, 6.45) is 0.775. The van der Waals surface area contributed by atoms with E-state index in [0.29, 0.717) is 33.1 Å². The average molecular weight is 497 g/mol. The maximum Gasteiger partial charge on any atom is 0.387 e. The number of alkyl halides is 2. The van der Waals surface area contributed by atoms with E-state index in [1.165, 1.54) is 28.6 Å². The highest BCUT2D eigenvalue weighted by Crippen LogP contribution is 2.34. The largest absolute Gasteiger partial charge is 0.433 e. The summed E-state index contributed by atoms with van der Waals surface area (Å²) in [5, 5.41) is 8.61. The molecule has 2 aromatic carbocycles. The van der Waals surface area contributed by atoms with Crippen LogP contribution in [-0.2, 0) is 6.42 Å². The van der Waals surface area contributed by atoms with Gasteiger partial charge in [0.2, 0.25) is 5.95 Å². The maximum absolute atomic E-state index is 13.6. The molecule has 4 rings (SSSR count). The lowest BCUT2D eigenvalue weighted by molar-refractivity contribution is -0.0498. The molecule has 2 aromatic heterocycles. The quantitative estimate of drug-likeness (QED) is 0.206. The Kier molecular flexibility index (Phi) is 7.23. The monoisotopic (exact) mass is 496 g/mol. The smallest absolute Gasteiger partial charge is 0.387 e. The fourth-order valence-corrected chi connectivity index (χ4v) is 4.48. The molecule has 2 heterocycles. The molecule has 0 atom stereocenters. The van der Waals surface area contributed by atoms with Crippen LogP contribution in [0.25, 0.3) is 16.4 Å². The molecule has 0 bridgehead atoms. The van der Waals surface area contributed by atoms with Gasteiger partial charge in [-0.25, -0.2) is 0 Å². The number of aromatic nitrogens is 3. The molecule has 1 N–H and O–H groups in total. The van der Waals surface area contributed by atoms with Crippen LogP contribution < -0.4 is 9.46 Å². The standard InChI is InChI=1S/C21H16ClF3N4OS2/c22-14-7-5-13(6-8-14)11-12-31-28-21-27-26-19(17-9-10-18(23)32-17)29(21)15-3-1-2-4-16(15)30-20(24)25/h1-10,20H,11-12H2,(H,27,28). The molecule has 0 aliphatic heterocycles. The molecule has 0 fully saturated rings. The average Bonchev–Trinajstić information content (AvgIpc) is 3.38. The molecule has 0 aliphatic carbocycles. The van der Waals surface area contributed by atoms with Gasteiger partial charge in [-0.2, -0.15) is 13.2 Å². The summed E-state index contributed by atoms with van der Waals surface area (Å²) in [7, 11) is 0. The van der Waals surface area contributed by atoms with Gasteiger partial charge in [-0.3, -0.25) is 9.29 Å². The van der Waals surface area contributed by atoms with Crippen molar-refractivity contribution in [2.75, 3.05) is 10.5 Å². The third kappa shape index (κ3) is 5.37. The van der Waals surface area contributed by atoms with E-state index in [4.69, 9.17) is 11.6 Å². The van der Waals surface area contributed by atoms with Gasteiger partial charge in [-0.15, -0.1) is 21.5 Å². The van der Waals surface area contributed by atoms with Crippen LogP contribution in [0.5, 0.6) is 5.75 Å². The van der Waals surface area contributed by atoms with Crippen LogP contribution in [-0.4, -0.2) is 27.1 Å². The van der Waals surface area contributed by atoms with Crippen LogP contribution in [0.3, 0.4) is 0 Å². The van der Waals surface area contributed by atoms with Crippen LogP contribution in [0.1, 0.15) is 5.56 Å². The normalized spacial score (nSPS) is 11.2. The summed E-state index contributed by atoms with van der Waals surface area (Å²) in [6.45, 7) is -3.00. The first-order valence-corrected chi connectivity index (χ1v) is 11.6. The number of benzene rings is 2. The van der Waals surface area contributed by atoms with Crippen molar-refractivity contribution in [1.29, 1.82) is 0 Å². The highest BCUT2D eigenvalue weighted by atomic mass is 35.5. The van der Waals surface area contributed by atoms with Crippen molar-refractivity contribution in [3.05, 3.63) is 76.4 Å². The van der Waals surface area contributed by atoms with Gasteiger partial charge in [0.05, 0.1) is 10.6 Å². The lowest BCUT2D eigenvalue weighted by Gasteiger charge is -2.15. The Labute approximate surface area is 195 Å². The number of hydrogen-bond acceptors (Lipinski definition) is 6. The van der Waals surface area contributed by atoms with E-state index in [-0.39, 0.29) is 5.75 Å².